The van der Waals surface area contributed by atoms with Crippen LogP contribution < -0.4 is 5.73 Å². The van der Waals surface area contributed by atoms with Crippen LogP contribution in [0.4, 0.5) is 4.39 Å². The third-order valence-electron chi connectivity index (χ3n) is 2.97. The van der Waals surface area contributed by atoms with Crippen LogP contribution in [0.2, 0.25) is 0 Å². The Hall–Kier alpha value is -0.930. The van der Waals surface area contributed by atoms with Gasteiger partial charge in [0.15, 0.2) is 0 Å². The van der Waals surface area contributed by atoms with Crippen molar-refractivity contribution in [2.24, 2.45) is 11.7 Å². The molecule has 2 N–H and O–H groups in total. The fourth-order valence-electron chi connectivity index (χ4n) is 2.10. The standard InChI is InChI=1S/C12H16FNO/c1-8-2-3-11(13)10(6-8)12-9(7-14)4-5-15-12/h2-3,6,9,12H,4-5,7,14H2,1H3. The number of hydrogen-bond acceptors (Lipinski definition) is 2. The van der Waals surface area contributed by atoms with Gasteiger partial charge in [-0.25, -0.2) is 4.39 Å². The first kappa shape index (κ1) is 10.6. The van der Waals surface area contributed by atoms with Gasteiger partial charge in [0.2, 0.25) is 0 Å². The van der Waals surface area contributed by atoms with Crippen LogP contribution in [-0.2, 0) is 4.74 Å². The summed E-state index contributed by atoms with van der Waals surface area (Å²) in [5.74, 6) is 0.0623. The minimum atomic E-state index is -0.189. The van der Waals surface area contributed by atoms with Gasteiger partial charge in [0.25, 0.3) is 0 Å². The molecule has 2 unspecified atom stereocenters. The van der Waals surface area contributed by atoms with Crippen molar-refractivity contribution in [1.29, 1.82) is 0 Å². The molecule has 2 nitrogen and oxygen atoms in total. The molecule has 2 atom stereocenters. The lowest BCUT2D eigenvalue weighted by atomic mass is 9.94. The summed E-state index contributed by atoms with van der Waals surface area (Å²) in [6.07, 6.45) is 0.768. The Labute approximate surface area is 89.2 Å². The van der Waals surface area contributed by atoms with E-state index in [9.17, 15) is 4.39 Å². The molecule has 0 aliphatic carbocycles. The number of hydrogen-bond donors (Lipinski definition) is 1. The van der Waals surface area contributed by atoms with E-state index < -0.39 is 0 Å². The molecule has 1 heterocycles. The fraction of sp³-hybridized carbons (Fsp3) is 0.500. The van der Waals surface area contributed by atoms with E-state index in [1.807, 2.05) is 13.0 Å². The van der Waals surface area contributed by atoms with E-state index in [4.69, 9.17) is 10.5 Å². The van der Waals surface area contributed by atoms with Crippen molar-refractivity contribution in [3.05, 3.63) is 35.1 Å². The summed E-state index contributed by atoms with van der Waals surface area (Å²) >= 11 is 0. The van der Waals surface area contributed by atoms with E-state index in [0.29, 0.717) is 18.7 Å². The van der Waals surface area contributed by atoms with Crippen molar-refractivity contribution >= 4 is 0 Å². The maximum atomic E-state index is 13.6. The van der Waals surface area contributed by atoms with Gasteiger partial charge in [-0.1, -0.05) is 17.7 Å². The molecular weight excluding hydrogens is 193 g/mol. The lowest BCUT2D eigenvalue weighted by Gasteiger charge is -2.18. The average molecular weight is 209 g/mol. The molecular formula is C12H16FNO. The van der Waals surface area contributed by atoms with E-state index in [1.54, 1.807) is 6.07 Å². The lowest BCUT2D eigenvalue weighted by Crippen LogP contribution is -2.18. The molecule has 3 heteroatoms. The van der Waals surface area contributed by atoms with Crippen molar-refractivity contribution in [2.75, 3.05) is 13.2 Å². The van der Waals surface area contributed by atoms with Crippen LogP contribution >= 0.6 is 0 Å². The maximum Gasteiger partial charge on any atom is 0.129 e. The fourth-order valence-corrected chi connectivity index (χ4v) is 2.10. The molecule has 15 heavy (non-hydrogen) atoms. The number of halogens is 1. The highest BCUT2D eigenvalue weighted by Crippen LogP contribution is 2.35. The summed E-state index contributed by atoms with van der Waals surface area (Å²) in [4.78, 5) is 0. The maximum absolute atomic E-state index is 13.6. The summed E-state index contributed by atoms with van der Waals surface area (Å²) < 4.78 is 19.2. The highest BCUT2D eigenvalue weighted by molar-refractivity contribution is 5.27. The third-order valence-corrected chi connectivity index (χ3v) is 2.97. The second-order valence-electron chi connectivity index (χ2n) is 4.10. The predicted molar refractivity (Wildman–Crippen MR) is 57.0 cm³/mol. The SMILES string of the molecule is Cc1ccc(F)c(C2OCCC2CN)c1. The smallest absolute Gasteiger partial charge is 0.129 e. The molecule has 1 aliphatic rings. The quantitative estimate of drug-likeness (QED) is 0.810. The molecule has 0 bridgehead atoms. The van der Waals surface area contributed by atoms with Gasteiger partial charge >= 0.3 is 0 Å². The van der Waals surface area contributed by atoms with Gasteiger partial charge < -0.3 is 10.5 Å². The van der Waals surface area contributed by atoms with Gasteiger partial charge in [0, 0.05) is 18.1 Å². The molecule has 1 aromatic rings. The van der Waals surface area contributed by atoms with E-state index in [2.05, 4.69) is 0 Å². The summed E-state index contributed by atoms with van der Waals surface area (Å²) in [7, 11) is 0. The van der Waals surface area contributed by atoms with Gasteiger partial charge in [-0.2, -0.15) is 0 Å². The monoisotopic (exact) mass is 209 g/mol. The highest BCUT2D eigenvalue weighted by Gasteiger charge is 2.30. The Bertz CT molecular complexity index is 353. The second kappa shape index (κ2) is 4.29. The molecule has 1 aliphatic heterocycles. The normalized spacial score (nSPS) is 25.8. The number of rotatable bonds is 2. The van der Waals surface area contributed by atoms with Gasteiger partial charge in [-0.3, -0.25) is 0 Å². The van der Waals surface area contributed by atoms with Crippen LogP contribution in [0.25, 0.3) is 0 Å². The topological polar surface area (TPSA) is 35.2 Å². The van der Waals surface area contributed by atoms with Crippen LogP contribution in [0.1, 0.15) is 23.7 Å². The summed E-state index contributed by atoms with van der Waals surface area (Å²) in [5.41, 5.74) is 7.36. The van der Waals surface area contributed by atoms with E-state index >= 15 is 0 Å². The average Bonchev–Trinajstić information content (AvgIpc) is 2.69. The van der Waals surface area contributed by atoms with Crippen LogP contribution in [0.3, 0.4) is 0 Å². The molecule has 0 radical (unpaired) electrons. The highest BCUT2D eigenvalue weighted by atomic mass is 19.1. The zero-order chi connectivity index (χ0) is 10.8. The van der Waals surface area contributed by atoms with Gasteiger partial charge in [0.05, 0.1) is 6.10 Å². The number of nitrogens with two attached hydrogens (primary N) is 1. The van der Waals surface area contributed by atoms with Crippen molar-refractivity contribution in [3.8, 4) is 0 Å². The Kier molecular flexibility index (Phi) is 3.03. The molecule has 0 amide bonds. The first-order valence-corrected chi connectivity index (χ1v) is 5.30. The van der Waals surface area contributed by atoms with Crippen LogP contribution in [0.15, 0.2) is 18.2 Å². The van der Waals surface area contributed by atoms with Crippen LogP contribution in [0, 0.1) is 18.7 Å². The third kappa shape index (κ3) is 2.03. The van der Waals surface area contributed by atoms with Crippen molar-refractivity contribution in [2.45, 2.75) is 19.4 Å². The van der Waals surface area contributed by atoms with Crippen molar-refractivity contribution < 1.29 is 9.13 Å². The molecule has 2 rings (SSSR count). The first-order valence-electron chi connectivity index (χ1n) is 5.30. The number of ether oxygens (including phenoxy) is 1. The van der Waals surface area contributed by atoms with E-state index in [0.717, 1.165) is 12.0 Å². The summed E-state index contributed by atoms with van der Waals surface area (Å²) in [6, 6.07) is 5.12. The Morgan fingerprint density at radius 2 is 2.33 bits per heavy atom. The molecule has 1 fully saturated rings. The van der Waals surface area contributed by atoms with Gasteiger partial charge in [-0.05, 0) is 26.0 Å². The van der Waals surface area contributed by atoms with Crippen molar-refractivity contribution in [3.63, 3.8) is 0 Å². The van der Waals surface area contributed by atoms with Gasteiger partial charge in [-0.15, -0.1) is 0 Å². The molecule has 0 aromatic heterocycles. The van der Waals surface area contributed by atoms with Gasteiger partial charge in [0.1, 0.15) is 5.82 Å². The minimum absolute atomic E-state index is 0.158. The molecule has 0 saturated carbocycles. The van der Waals surface area contributed by atoms with E-state index in [-0.39, 0.29) is 17.8 Å². The second-order valence-corrected chi connectivity index (χ2v) is 4.10. The molecule has 1 saturated heterocycles. The van der Waals surface area contributed by atoms with Crippen LogP contribution in [-0.4, -0.2) is 13.2 Å². The first-order chi connectivity index (χ1) is 7.22. The van der Waals surface area contributed by atoms with Crippen molar-refractivity contribution in [1.82, 2.24) is 0 Å². The molecule has 0 spiro atoms. The van der Waals surface area contributed by atoms with E-state index in [1.165, 1.54) is 6.07 Å². The lowest BCUT2D eigenvalue weighted by molar-refractivity contribution is 0.0894. The molecule has 82 valence electrons. The van der Waals surface area contributed by atoms with Crippen LogP contribution in [0.5, 0.6) is 0 Å². The zero-order valence-electron chi connectivity index (χ0n) is 8.87. The number of aryl methyl sites for hydroxylation is 1. The zero-order valence-corrected chi connectivity index (χ0v) is 8.87. The number of benzene rings is 1. The molecule has 1 aromatic carbocycles. The largest absolute Gasteiger partial charge is 0.373 e. The Morgan fingerprint density at radius 3 is 3.07 bits per heavy atom. The summed E-state index contributed by atoms with van der Waals surface area (Å²) in [6.45, 7) is 3.19. The predicted octanol–water partition coefficient (Wildman–Crippen LogP) is 2.17. The Morgan fingerprint density at radius 1 is 1.53 bits per heavy atom. The minimum Gasteiger partial charge on any atom is -0.373 e. The summed E-state index contributed by atoms with van der Waals surface area (Å²) in [5, 5.41) is 0. The Balaban J connectivity index is 2.31.